The van der Waals surface area contributed by atoms with Crippen LogP contribution in [0, 0.1) is 0 Å². The topological polar surface area (TPSA) is 78.4 Å². The van der Waals surface area contributed by atoms with E-state index in [1.165, 1.54) is 0 Å². The number of carboxylic acids is 1. The molecule has 0 fully saturated rings. The molecule has 5 nitrogen and oxygen atoms in total. The van der Waals surface area contributed by atoms with Gasteiger partial charge < -0.3 is 15.7 Å². The lowest BCUT2D eigenvalue weighted by molar-refractivity contribution is -0.139. The van der Waals surface area contributed by atoms with E-state index >= 15 is 0 Å². The van der Waals surface area contributed by atoms with Crippen molar-refractivity contribution >= 4 is 23.6 Å². The predicted octanol–water partition coefficient (Wildman–Crippen LogP) is 1.86. The Morgan fingerprint density at radius 3 is 2.44 bits per heavy atom. The molecule has 6 heteroatoms. The highest BCUT2D eigenvalue weighted by molar-refractivity contribution is 6.29. The molecule has 1 aromatic rings. The standard InChI is InChI=1S/C12H13ClN2O3/c1-8(13)7-14-12(18)15-10(11(16)17)9-5-3-2-4-6-9/h2-6,10H,1,7H2,(H,16,17)(H2,14,15,18)/t10-/m1/s1. The summed E-state index contributed by atoms with van der Waals surface area (Å²) in [7, 11) is 0. The molecule has 3 N–H and O–H groups in total. The fraction of sp³-hybridized carbons (Fsp3) is 0.167. The van der Waals surface area contributed by atoms with Crippen LogP contribution in [0.15, 0.2) is 41.9 Å². The van der Waals surface area contributed by atoms with Gasteiger partial charge in [-0.05, 0) is 5.56 Å². The molecule has 0 unspecified atom stereocenters. The van der Waals surface area contributed by atoms with Gasteiger partial charge in [-0.3, -0.25) is 0 Å². The van der Waals surface area contributed by atoms with E-state index < -0.39 is 18.0 Å². The van der Waals surface area contributed by atoms with E-state index in [0.29, 0.717) is 5.56 Å². The number of halogens is 1. The van der Waals surface area contributed by atoms with E-state index in [-0.39, 0.29) is 11.6 Å². The van der Waals surface area contributed by atoms with Gasteiger partial charge in [-0.2, -0.15) is 0 Å². The van der Waals surface area contributed by atoms with Gasteiger partial charge >= 0.3 is 12.0 Å². The van der Waals surface area contributed by atoms with E-state index in [9.17, 15) is 9.59 Å². The zero-order valence-corrected chi connectivity index (χ0v) is 10.3. The van der Waals surface area contributed by atoms with Crippen molar-refractivity contribution in [3.63, 3.8) is 0 Å². The molecule has 0 aliphatic heterocycles. The summed E-state index contributed by atoms with van der Waals surface area (Å²) < 4.78 is 0. The lowest BCUT2D eigenvalue weighted by Gasteiger charge is -2.15. The van der Waals surface area contributed by atoms with Crippen LogP contribution in [0.5, 0.6) is 0 Å². The molecule has 18 heavy (non-hydrogen) atoms. The average Bonchev–Trinajstić information content (AvgIpc) is 2.34. The molecular weight excluding hydrogens is 256 g/mol. The molecule has 0 radical (unpaired) electrons. The van der Waals surface area contributed by atoms with E-state index in [4.69, 9.17) is 16.7 Å². The molecular formula is C12H13ClN2O3. The Morgan fingerprint density at radius 1 is 1.33 bits per heavy atom. The van der Waals surface area contributed by atoms with Crippen LogP contribution in [0.1, 0.15) is 11.6 Å². The van der Waals surface area contributed by atoms with Crippen LogP contribution in [-0.4, -0.2) is 23.7 Å². The second kappa shape index (κ2) is 6.66. The minimum atomic E-state index is -1.14. The minimum Gasteiger partial charge on any atom is -0.479 e. The number of urea groups is 1. The number of hydrogen-bond acceptors (Lipinski definition) is 2. The minimum absolute atomic E-state index is 0.0779. The number of rotatable bonds is 5. The van der Waals surface area contributed by atoms with Gasteiger partial charge in [-0.25, -0.2) is 9.59 Å². The highest BCUT2D eigenvalue weighted by atomic mass is 35.5. The Bertz CT molecular complexity index is 448. The van der Waals surface area contributed by atoms with Crippen LogP contribution in [-0.2, 0) is 4.79 Å². The summed E-state index contributed by atoms with van der Waals surface area (Å²) in [6.45, 7) is 3.48. The Morgan fingerprint density at radius 2 is 1.94 bits per heavy atom. The Hall–Kier alpha value is -2.01. The summed E-state index contributed by atoms with van der Waals surface area (Å²) in [6.07, 6.45) is 0. The van der Waals surface area contributed by atoms with Crippen molar-refractivity contribution < 1.29 is 14.7 Å². The molecule has 0 aliphatic carbocycles. The molecule has 1 rings (SSSR count). The quantitative estimate of drug-likeness (QED) is 0.763. The monoisotopic (exact) mass is 268 g/mol. The number of benzene rings is 1. The summed E-state index contributed by atoms with van der Waals surface area (Å²) in [4.78, 5) is 22.5. The zero-order chi connectivity index (χ0) is 13.5. The van der Waals surface area contributed by atoms with E-state index in [1.54, 1.807) is 30.3 Å². The number of carboxylic acid groups (broad SMARTS) is 1. The van der Waals surface area contributed by atoms with Gasteiger partial charge in [0.2, 0.25) is 0 Å². The molecule has 1 atom stereocenters. The summed E-state index contributed by atoms with van der Waals surface area (Å²) in [5, 5.41) is 14.1. The van der Waals surface area contributed by atoms with Gasteiger partial charge in [0.1, 0.15) is 0 Å². The highest BCUT2D eigenvalue weighted by Crippen LogP contribution is 2.12. The highest BCUT2D eigenvalue weighted by Gasteiger charge is 2.21. The van der Waals surface area contributed by atoms with Gasteiger partial charge in [-0.15, -0.1) is 0 Å². The maximum Gasteiger partial charge on any atom is 0.330 e. The summed E-state index contributed by atoms with van der Waals surface area (Å²) in [6, 6.07) is 6.69. The van der Waals surface area contributed by atoms with Crippen molar-refractivity contribution in [3.8, 4) is 0 Å². The van der Waals surface area contributed by atoms with Crippen molar-refractivity contribution in [3.05, 3.63) is 47.5 Å². The first-order valence-electron chi connectivity index (χ1n) is 5.16. The van der Waals surface area contributed by atoms with Crippen molar-refractivity contribution in [1.29, 1.82) is 0 Å². The van der Waals surface area contributed by atoms with Crippen LogP contribution in [0.3, 0.4) is 0 Å². The Balaban J connectivity index is 2.67. The molecule has 0 heterocycles. The molecule has 0 bridgehead atoms. The smallest absolute Gasteiger partial charge is 0.330 e. The fourth-order valence-electron chi connectivity index (χ4n) is 1.29. The zero-order valence-electron chi connectivity index (χ0n) is 9.52. The lowest BCUT2D eigenvalue weighted by Crippen LogP contribution is -2.41. The molecule has 1 aromatic carbocycles. The number of hydrogen-bond donors (Lipinski definition) is 3. The molecule has 0 spiro atoms. The number of carbonyl (C=O) groups excluding carboxylic acids is 1. The molecule has 0 aromatic heterocycles. The largest absolute Gasteiger partial charge is 0.479 e. The maximum absolute atomic E-state index is 11.5. The number of nitrogens with one attached hydrogen (secondary N) is 2. The number of aliphatic carboxylic acids is 1. The normalized spacial score (nSPS) is 11.4. The Kier molecular flexibility index (Phi) is 5.20. The second-order valence-electron chi connectivity index (χ2n) is 3.53. The first-order valence-corrected chi connectivity index (χ1v) is 5.54. The third-order valence-corrected chi connectivity index (χ3v) is 2.23. The van der Waals surface area contributed by atoms with Crippen molar-refractivity contribution in [2.24, 2.45) is 0 Å². The van der Waals surface area contributed by atoms with Crippen LogP contribution in [0.4, 0.5) is 4.79 Å². The summed E-state index contributed by atoms with van der Waals surface area (Å²) in [5.41, 5.74) is 0.491. The van der Waals surface area contributed by atoms with Gasteiger partial charge in [0.05, 0.1) is 6.54 Å². The molecule has 0 saturated carbocycles. The molecule has 2 amide bonds. The van der Waals surface area contributed by atoms with Gasteiger partial charge in [0.15, 0.2) is 6.04 Å². The average molecular weight is 269 g/mol. The first kappa shape index (κ1) is 14.1. The van der Waals surface area contributed by atoms with Gasteiger partial charge in [-0.1, -0.05) is 48.5 Å². The van der Waals surface area contributed by atoms with Crippen molar-refractivity contribution in [1.82, 2.24) is 10.6 Å². The summed E-state index contributed by atoms with van der Waals surface area (Å²) >= 11 is 5.48. The number of carbonyl (C=O) groups is 2. The first-order chi connectivity index (χ1) is 8.50. The van der Waals surface area contributed by atoms with Gasteiger partial charge in [0, 0.05) is 5.03 Å². The summed E-state index contributed by atoms with van der Waals surface area (Å²) in [5.74, 6) is -1.14. The Labute approximate surface area is 109 Å². The van der Waals surface area contributed by atoms with Crippen molar-refractivity contribution in [2.45, 2.75) is 6.04 Å². The van der Waals surface area contributed by atoms with E-state index in [2.05, 4.69) is 17.2 Å². The maximum atomic E-state index is 11.5. The lowest BCUT2D eigenvalue weighted by atomic mass is 10.1. The van der Waals surface area contributed by atoms with Gasteiger partial charge in [0.25, 0.3) is 0 Å². The third-order valence-electron chi connectivity index (χ3n) is 2.10. The van der Waals surface area contributed by atoms with Crippen molar-refractivity contribution in [2.75, 3.05) is 6.54 Å². The van der Waals surface area contributed by atoms with Crippen LogP contribution >= 0.6 is 11.6 Å². The third kappa shape index (κ3) is 4.47. The van der Waals surface area contributed by atoms with Crippen LogP contribution < -0.4 is 10.6 Å². The molecule has 96 valence electrons. The molecule has 0 saturated heterocycles. The number of amides is 2. The molecule has 0 aliphatic rings. The SMILES string of the molecule is C=C(Cl)CNC(=O)N[C@@H](C(=O)O)c1ccccc1. The predicted molar refractivity (Wildman–Crippen MR) is 68.3 cm³/mol. The second-order valence-corrected chi connectivity index (χ2v) is 4.06. The fourth-order valence-corrected chi connectivity index (χ4v) is 1.36. The van der Waals surface area contributed by atoms with E-state index in [1.807, 2.05) is 0 Å². The van der Waals surface area contributed by atoms with Crippen LogP contribution in [0.2, 0.25) is 0 Å². The van der Waals surface area contributed by atoms with Crippen LogP contribution in [0.25, 0.3) is 0 Å². The van der Waals surface area contributed by atoms with E-state index in [0.717, 1.165) is 0 Å².